The van der Waals surface area contributed by atoms with E-state index >= 15 is 0 Å². The standard InChI is InChI=1S/C15H20O7.C12H18F6O3/c1-5-15(2,3)14(18)22-11-8-6(12(16)19-4)7-9(20-8)10(11)21-13(7)17;1-6-8(2,3)7(19)21-9(4,5)10(20,11(13,14)15)12(16,17)18/h6-11H,5H2,1-4H3;20H,6H2,1-5H3. The number of carbonyl (C=O) groups excluding carboxylic acids is 4. The maximum atomic E-state index is 12.8. The molecule has 1 N–H and O–H groups in total. The van der Waals surface area contributed by atoms with Gasteiger partial charge in [0.15, 0.2) is 17.8 Å². The molecule has 2 bridgehead atoms. The Kier molecular flexibility index (Phi) is 9.96. The van der Waals surface area contributed by atoms with E-state index in [9.17, 15) is 50.6 Å². The molecule has 43 heavy (non-hydrogen) atoms. The molecular weight excluding hydrogens is 598 g/mol. The van der Waals surface area contributed by atoms with E-state index in [-0.39, 0.29) is 12.4 Å². The van der Waals surface area contributed by atoms with Crippen molar-refractivity contribution in [3.05, 3.63) is 0 Å². The molecule has 0 aromatic heterocycles. The number of alkyl halides is 6. The van der Waals surface area contributed by atoms with Gasteiger partial charge in [0.2, 0.25) is 0 Å². The molecule has 248 valence electrons. The van der Waals surface area contributed by atoms with Gasteiger partial charge < -0.3 is 28.8 Å². The van der Waals surface area contributed by atoms with Crippen LogP contribution in [-0.2, 0) is 42.9 Å². The fourth-order valence-corrected chi connectivity index (χ4v) is 4.73. The molecular formula is C27H38F6O10. The lowest BCUT2D eigenvalue weighted by Crippen LogP contribution is -2.70. The first kappa shape index (κ1) is 36.6. The summed E-state index contributed by atoms with van der Waals surface area (Å²) in [5.41, 5.74) is -10.3. The highest BCUT2D eigenvalue weighted by Gasteiger charge is 2.79. The summed E-state index contributed by atoms with van der Waals surface area (Å²) < 4.78 is 102. The molecule has 3 saturated heterocycles. The zero-order valence-electron chi connectivity index (χ0n) is 25.3. The van der Waals surface area contributed by atoms with Crippen LogP contribution in [0.5, 0.6) is 0 Å². The van der Waals surface area contributed by atoms with Gasteiger partial charge in [-0.25, -0.2) is 0 Å². The maximum Gasteiger partial charge on any atom is 0.430 e. The number of fused-ring (bicyclic) bond motifs is 1. The Morgan fingerprint density at radius 2 is 1.28 bits per heavy atom. The van der Waals surface area contributed by atoms with Gasteiger partial charge >= 0.3 is 36.2 Å². The molecule has 0 saturated carbocycles. The number of halogens is 6. The summed E-state index contributed by atoms with van der Waals surface area (Å²) in [6, 6.07) is 0. The molecule has 3 aliphatic rings. The molecule has 3 fully saturated rings. The molecule has 10 nitrogen and oxygen atoms in total. The molecule has 0 amide bonds. The number of ether oxygens (including phenoxy) is 5. The number of esters is 4. The zero-order chi connectivity index (χ0) is 33.7. The predicted molar refractivity (Wildman–Crippen MR) is 133 cm³/mol. The highest BCUT2D eigenvalue weighted by molar-refractivity contribution is 5.87. The number of rotatable bonds is 8. The quantitative estimate of drug-likeness (QED) is 0.236. The van der Waals surface area contributed by atoms with Crippen LogP contribution in [0.2, 0.25) is 0 Å². The average Bonchev–Trinajstić information content (AvgIpc) is 3.50. The lowest BCUT2D eigenvalue weighted by molar-refractivity contribution is -0.408. The second-order valence-corrected chi connectivity index (χ2v) is 12.5. The minimum absolute atomic E-state index is 0.137. The van der Waals surface area contributed by atoms with Gasteiger partial charge in [-0.1, -0.05) is 13.8 Å². The van der Waals surface area contributed by atoms with Crippen LogP contribution in [0.25, 0.3) is 0 Å². The van der Waals surface area contributed by atoms with Gasteiger partial charge in [-0.3, -0.25) is 19.2 Å². The van der Waals surface area contributed by atoms with Crippen LogP contribution in [0.4, 0.5) is 26.3 Å². The first-order valence-corrected chi connectivity index (χ1v) is 13.5. The fraction of sp³-hybridized carbons (Fsp3) is 0.852. The van der Waals surface area contributed by atoms with E-state index in [0.29, 0.717) is 20.3 Å². The summed E-state index contributed by atoms with van der Waals surface area (Å²) in [5, 5.41) is 9.27. The highest BCUT2D eigenvalue weighted by atomic mass is 19.4. The second kappa shape index (κ2) is 11.7. The van der Waals surface area contributed by atoms with Crippen molar-refractivity contribution in [2.75, 3.05) is 7.11 Å². The molecule has 0 aliphatic carbocycles. The van der Waals surface area contributed by atoms with Gasteiger partial charge in [0, 0.05) is 0 Å². The summed E-state index contributed by atoms with van der Waals surface area (Å²) >= 11 is 0. The Morgan fingerprint density at radius 1 is 0.814 bits per heavy atom. The fourth-order valence-electron chi connectivity index (χ4n) is 4.73. The zero-order valence-corrected chi connectivity index (χ0v) is 25.3. The first-order chi connectivity index (χ1) is 19.3. The Morgan fingerprint density at radius 3 is 1.70 bits per heavy atom. The second-order valence-electron chi connectivity index (χ2n) is 12.5. The lowest BCUT2D eigenvalue weighted by atomic mass is 9.78. The molecule has 16 heteroatoms. The predicted octanol–water partition coefficient (Wildman–Crippen LogP) is 4.05. The van der Waals surface area contributed by atoms with E-state index < -0.39 is 88.5 Å². The molecule has 3 heterocycles. The van der Waals surface area contributed by atoms with Crippen LogP contribution in [0.1, 0.15) is 68.2 Å². The van der Waals surface area contributed by atoms with E-state index in [1.165, 1.54) is 27.9 Å². The normalized spacial score (nSPS) is 27.2. The molecule has 6 atom stereocenters. The number of aliphatic hydroxyl groups is 1. The molecule has 0 aromatic rings. The Hall–Kier alpha value is -2.62. The van der Waals surface area contributed by atoms with E-state index in [1.54, 1.807) is 13.8 Å². The van der Waals surface area contributed by atoms with Gasteiger partial charge in [-0.2, -0.15) is 26.3 Å². The van der Waals surface area contributed by atoms with E-state index in [2.05, 4.69) is 4.74 Å². The van der Waals surface area contributed by atoms with Crippen molar-refractivity contribution in [1.29, 1.82) is 0 Å². The van der Waals surface area contributed by atoms with Gasteiger partial charge in [-0.15, -0.1) is 0 Å². The summed E-state index contributed by atoms with van der Waals surface area (Å²) in [6.45, 7) is 10.3. The van der Waals surface area contributed by atoms with Crippen molar-refractivity contribution in [2.24, 2.45) is 22.7 Å². The third-order valence-electron chi connectivity index (χ3n) is 8.53. The van der Waals surface area contributed by atoms with Gasteiger partial charge in [0.25, 0.3) is 5.60 Å². The molecule has 0 radical (unpaired) electrons. The number of methoxy groups -OCH3 is 1. The van der Waals surface area contributed by atoms with Gasteiger partial charge in [-0.05, 0) is 54.4 Å². The number of carbonyl (C=O) groups is 4. The van der Waals surface area contributed by atoms with Crippen LogP contribution in [0.15, 0.2) is 0 Å². The van der Waals surface area contributed by atoms with Crippen LogP contribution < -0.4 is 0 Å². The minimum Gasteiger partial charge on any atom is -0.469 e. The molecule has 0 spiro atoms. The van der Waals surface area contributed by atoms with Gasteiger partial charge in [0.05, 0.1) is 17.9 Å². The molecule has 3 aliphatic heterocycles. The van der Waals surface area contributed by atoms with E-state index in [4.69, 9.17) is 18.9 Å². The number of hydrogen-bond acceptors (Lipinski definition) is 10. The minimum atomic E-state index is -6.06. The van der Waals surface area contributed by atoms with Crippen molar-refractivity contribution in [3.63, 3.8) is 0 Å². The maximum absolute atomic E-state index is 12.8. The van der Waals surface area contributed by atoms with Crippen molar-refractivity contribution >= 4 is 23.9 Å². The highest BCUT2D eigenvalue weighted by Crippen LogP contribution is 2.52. The SMILES string of the molecule is CCC(C)(C)C(=O)OC(C)(C)C(O)(C(F)(F)F)C(F)(F)F.CCC(C)(C)C(=O)OC1C2OC(=O)C3C2OC1C3C(=O)OC. The molecule has 6 unspecified atom stereocenters. The third-order valence-corrected chi connectivity index (χ3v) is 8.53. The summed E-state index contributed by atoms with van der Waals surface area (Å²) in [7, 11) is 1.26. The third kappa shape index (κ3) is 6.31. The van der Waals surface area contributed by atoms with Gasteiger partial charge in [0.1, 0.15) is 24.0 Å². The molecule has 0 aromatic carbocycles. The van der Waals surface area contributed by atoms with Crippen molar-refractivity contribution in [2.45, 2.75) is 116 Å². The smallest absolute Gasteiger partial charge is 0.430 e. The molecule has 3 rings (SSSR count). The van der Waals surface area contributed by atoms with Crippen molar-refractivity contribution < 1.29 is 74.3 Å². The van der Waals surface area contributed by atoms with E-state index in [0.717, 1.165) is 0 Å². The Balaban J connectivity index is 0.000000301. The van der Waals surface area contributed by atoms with Crippen LogP contribution >= 0.6 is 0 Å². The average molecular weight is 637 g/mol. The topological polar surface area (TPSA) is 135 Å². The summed E-state index contributed by atoms with van der Waals surface area (Å²) in [5.74, 6) is -4.10. The summed E-state index contributed by atoms with van der Waals surface area (Å²) in [6.07, 6.45) is -14.0. The van der Waals surface area contributed by atoms with E-state index in [1.807, 2.05) is 6.92 Å². The van der Waals surface area contributed by atoms with Crippen molar-refractivity contribution in [3.8, 4) is 0 Å². The van der Waals surface area contributed by atoms with Crippen LogP contribution in [0.3, 0.4) is 0 Å². The van der Waals surface area contributed by atoms with Crippen LogP contribution in [-0.4, -0.2) is 84.1 Å². The Bertz CT molecular complexity index is 1080. The number of hydrogen-bond donors (Lipinski definition) is 1. The monoisotopic (exact) mass is 636 g/mol. The first-order valence-electron chi connectivity index (χ1n) is 13.5. The lowest BCUT2D eigenvalue weighted by Gasteiger charge is -2.44. The Labute approximate surface area is 244 Å². The van der Waals surface area contributed by atoms with Crippen molar-refractivity contribution in [1.82, 2.24) is 0 Å². The summed E-state index contributed by atoms with van der Waals surface area (Å²) in [4.78, 5) is 48.0. The van der Waals surface area contributed by atoms with Crippen LogP contribution in [0, 0.1) is 22.7 Å². The largest absolute Gasteiger partial charge is 0.469 e.